The van der Waals surface area contributed by atoms with Gasteiger partial charge in [-0.1, -0.05) is 24.3 Å². The minimum absolute atomic E-state index is 0.0218. The number of aliphatic hydroxyl groups excluding tert-OH is 1. The first-order chi connectivity index (χ1) is 5.77. The van der Waals surface area contributed by atoms with Crippen molar-refractivity contribution in [3.05, 3.63) is 35.4 Å². The third-order valence-electron chi connectivity index (χ3n) is 1.63. The van der Waals surface area contributed by atoms with E-state index in [-0.39, 0.29) is 6.61 Å². The van der Waals surface area contributed by atoms with E-state index in [4.69, 9.17) is 16.0 Å². The summed E-state index contributed by atoms with van der Waals surface area (Å²) in [5, 5.41) is 17.3. The predicted octanol–water partition coefficient (Wildman–Crippen LogP) is 0.115. The highest BCUT2D eigenvalue weighted by molar-refractivity contribution is 5.24. The number of aliphatic hydroxyl groups is 1. The van der Waals surface area contributed by atoms with E-state index in [0.717, 1.165) is 11.1 Å². The fourth-order valence-corrected chi connectivity index (χ4v) is 0.959. The summed E-state index contributed by atoms with van der Waals surface area (Å²) in [5.41, 5.74) is 8.92. The Labute approximate surface area is 70.6 Å². The van der Waals surface area contributed by atoms with Gasteiger partial charge in [-0.05, 0) is 11.1 Å². The van der Waals surface area contributed by atoms with Gasteiger partial charge < -0.3 is 16.0 Å². The predicted molar refractivity (Wildman–Crippen MR) is 44.2 cm³/mol. The summed E-state index contributed by atoms with van der Waals surface area (Å²) in [7, 11) is 0. The number of hydroxylamine groups is 1. The van der Waals surface area contributed by atoms with Crippen molar-refractivity contribution in [2.45, 2.75) is 12.8 Å². The monoisotopic (exact) mass is 168 g/mol. The van der Waals surface area contributed by atoms with E-state index >= 15 is 0 Å². The van der Waals surface area contributed by atoms with Gasteiger partial charge in [0, 0.05) is 0 Å². The Balaban J connectivity index is 2.86. The Hall–Kier alpha value is -0.940. The summed E-state index contributed by atoms with van der Waals surface area (Å²) >= 11 is 0. The molecular weight excluding hydrogens is 156 g/mol. The second kappa shape index (κ2) is 4.18. The lowest BCUT2D eigenvalue weighted by atomic mass is 10.1. The highest BCUT2D eigenvalue weighted by Crippen LogP contribution is 2.09. The third-order valence-corrected chi connectivity index (χ3v) is 1.63. The van der Waals surface area contributed by atoms with Crippen molar-refractivity contribution in [3.63, 3.8) is 0 Å². The van der Waals surface area contributed by atoms with Crippen LogP contribution in [0.5, 0.6) is 0 Å². The molecule has 1 aromatic rings. The first-order valence-electron chi connectivity index (χ1n) is 3.63. The van der Waals surface area contributed by atoms with Crippen LogP contribution in [0.1, 0.15) is 17.3 Å². The van der Waals surface area contributed by atoms with Gasteiger partial charge in [-0.3, -0.25) is 0 Å². The van der Waals surface area contributed by atoms with Gasteiger partial charge in [0.25, 0.3) is 0 Å². The molecule has 12 heavy (non-hydrogen) atoms. The molecular formula is C8H12N2O2. The summed E-state index contributed by atoms with van der Waals surface area (Å²) in [5.74, 6) is 0. The van der Waals surface area contributed by atoms with E-state index < -0.39 is 6.17 Å². The molecule has 0 aliphatic heterocycles. The smallest absolute Gasteiger partial charge is 0.104 e. The van der Waals surface area contributed by atoms with Crippen molar-refractivity contribution >= 4 is 0 Å². The van der Waals surface area contributed by atoms with Gasteiger partial charge in [0.2, 0.25) is 0 Å². The number of nitrogens with one attached hydrogen (secondary N) is 1. The average Bonchev–Trinajstić information content (AvgIpc) is 2.17. The van der Waals surface area contributed by atoms with E-state index in [1.165, 1.54) is 0 Å². The van der Waals surface area contributed by atoms with Crippen molar-refractivity contribution in [1.82, 2.24) is 5.48 Å². The van der Waals surface area contributed by atoms with Gasteiger partial charge in [0.15, 0.2) is 0 Å². The van der Waals surface area contributed by atoms with Crippen LogP contribution in [0.15, 0.2) is 24.3 Å². The molecule has 1 rings (SSSR count). The molecule has 1 aromatic carbocycles. The summed E-state index contributed by atoms with van der Waals surface area (Å²) in [4.78, 5) is 0. The molecule has 4 heteroatoms. The van der Waals surface area contributed by atoms with Crippen molar-refractivity contribution < 1.29 is 10.3 Å². The molecule has 0 saturated heterocycles. The summed E-state index contributed by atoms with van der Waals surface area (Å²) in [6.07, 6.45) is -0.600. The van der Waals surface area contributed by atoms with E-state index in [2.05, 4.69) is 0 Å². The van der Waals surface area contributed by atoms with Crippen LogP contribution in [0.4, 0.5) is 0 Å². The van der Waals surface area contributed by atoms with Gasteiger partial charge in [-0.25, -0.2) is 0 Å². The quantitative estimate of drug-likeness (QED) is 0.381. The summed E-state index contributed by atoms with van der Waals surface area (Å²) in [6, 6.07) is 7.06. The summed E-state index contributed by atoms with van der Waals surface area (Å²) < 4.78 is 0. The molecule has 5 N–H and O–H groups in total. The third kappa shape index (κ3) is 2.02. The van der Waals surface area contributed by atoms with Crippen LogP contribution in [0.3, 0.4) is 0 Å². The highest BCUT2D eigenvalue weighted by Gasteiger charge is 2.02. The molecule has 0 fully saturated rings. The molecule has 66 valence electrons. The Morgan fingerprint density at radius 2 is 2.25 bits per heavy atom. The lowest BCUT2D eigenvalue weighted by Gasteiger charge is -2.09. The van der Waals surface area contributed by atoms with Crippen LogP contribution in [0, 0.1) is 0 Å². The summed E-state index contributed by atoms with van der Waals surface area (Å²) in [6.45, 7) is -0.0218. The maximum atomic E-state index is 8.79. The van der Waals surface area contributed by atoms with Crippen LogP contribution >= 0.6 is 0 Å². The molecule has 0 heterocycles. The maximum Gasteiger partial charge on any atom is 0.104 e. The van der Waals surface area contributed by atoms with E-state index in [1.807, 2.05) is 5.48 Å². The normalized spacial score (nSPS) is 12.9. The Kier molecular flexibility index (Phi) is 3.19. The molecule has 0 bridgehead atoms. The van der Waals surface area contributed by atoms with E-state index in [1.54, 1.807) is 24.3 Å². The molecule has 0 spiro atoms. The zero-order chi connectivity index (χ0) is 8.97. The zero-order valence-electron chi connectivity index (χ0n) is 6.57. The topological polar surface area (TPSA) is 78.5 Å². The average molecular weight is 168 g/mol. The standard InChI is InChI=1S/C8H12N2O2/c9-8(10-12)7-3-1-2-6(4-7)5-11/h1-4,8,10-12H,5,9H2. The van der Waals surface area contributed by atoms with Gasteiger partial charge >= 0.3 is 0 Å². The fraction of sp³-hybridized carbons (Fsp3) is 0.250. The lowest BCUT2D eigenvalue weighted by molar-refractivity contribution is 0.128. The van der Waals surface area contributed by atoms with Crippen molar-refractivity contribution in [2.24, 2.45) is 5.73 Å². The molecule has 1 unspecified atom stereocenters. The minimum Gasteiger partial charge on any atom is -0.392 e. The van der Waals surface area contributed by atoms with Gasteiger partial charge in [-0.15, -0.1) is 0 Å². The largest absolute Gasteiger partial charge is 0.392 e. The number of benzene rings is 1. The van der Waals surface area contributed by atoms with E-state index in [0.29, 0.717) is 0 Å². The Morgan fingerprint density at radius 1 is 1.50 bits per heavy atom. The van der Waals surface area contributed by atoms with Gasteiger partial charge in [0.1, 0.15) is 6.17 Å². The number of hydrogen-bond donors (Lipinski definition) is 4. The van der Waals surface area contributed by atoms with Crippen LogP contribution in [-0.2, 0) is 6.61 Å². The van der Waals surface area contributed by atoms with Crippen molar-refractivity contribution in [3.8, 4) is 0 Å². The molecule has 0 radical (unpaired) electrons. The van der Waals surface area contributed by atoms with Crippen LogP contribution in [-0.4, -0.2) is 10.3 Å². The Morgan fingerprint density at radius 3 is 2.83 bits per heavy atom. The van der Waals surface area contributed by atoms with Gasteiger partial charge in [-0.2, -0.15) is 5.48 Å². The van der Waals surface area contributed by atoms with Crippen molar-refractivity contribution in [1.29, 1.82) is 0 Å². The van der Waals surface area contributed by atoms with Crippen LogP contribution in [0.2, 0.25) is 0 Å². The second-order valence-electron chi connectivity index (χ2n) is 2.51. The highest BCUT2D eigenvalue weighted by atomic mass is 16.5. The lowest BCUT2D eigenvalue weighted by Crippen LogP contribution is -2.25. The number of hydrogen-bond acceptors (Lipinski definition) is 4. The first kappa shape index (κ1) is 9.15. The molecule has 0 amide bonds. The van der Waals surface area contributed by atoms with Crippen molar-refractivity contribution in [2.75, 3.05) is 0 Å². The Bertz CT molecular complexity index is 253. The second-order valence-corrected chi connectivity index (χ2v) is 2.51. The number of nitrogens with two attached hydrogens (primary N) is 1. The minimum atomic E-state index is -0.600. The molecule has 0 aliphatic carbocycles. The molecule has 4 nitrogen and oxygen atoms in total. The maximum absolute atomic E-state index is 8.79. The molecule has 0 aromatic heterocycles. The fourth-order valence-electron chi connectivity index (χ4n) is 0.959. The molecule has 0 aliphatic rings. The van der Waals surface area contributed by atoms with Crippen LogP contribution < -0.4 is 11.2 Å². The first-order valence-corrected chi connectivity index (χ1v) is 3.63. The molecule has 1 atom stereocenters. The number of rotatable bonds is 3. The van der Waals surface area contributed by atoms with Crippen LogP contribution in [0.25, 0.3) is 0 Å². The SMILES string of the molecule is NC(NO)c1cccc(CO)c1. The zero-order valence-corrected chi connectivity index (χ0v) is 6.57. The van der Waals surface area contributed by atoms with Gasteiger partial charge in [0.05, 0.1) is 6.61 Å². The van der Waals surface area contributed by atoms with E-state index in [9.17, 15) is 0 Å². The molecule has 0 saturated carbocycles.